The summed E-state index contributed by atoms with van der Waals surface area (Å²) >= 11 is 1.25. The van der Waals surface area contributed by atoms with E-state index in [4.69, 9.17) is 9.84 Å². The summed E-state index contributed by atoms with van der Waals surface area (Å²) in [5.74, 6) is 0. The van der Waals surface area contributed by atoms with Gasteiger partial charge in [0.2, 0.25) is 10.0 Å². The van der Waals surface area contributed by atoms with E-state index in [9.17, 15) is 8.42 Å². The van der Waals surface area contributed by atoms with Gasteiger partial charge in [0, 0.05) is 49.9 Å². The number of hydrogen-bond acceptors (Lipinski definition) is 6. The Labute approximate surface area is 164 Å². The lowest BCUT2D eigenvalue weighted by molar-refractivity contribution is 0.107. The Morgan fingerprint density at radius 1 is 1.37 bits per heavy atom. The van der Waals surface area contributed by atoms with E-state index in [2.05, 4.69) is 21.2 Å². The molecule has 4 heterocycles. The van der Waals surface area contributed by atoms with Crippen LogP contribution in [-0.4, -0.2) is 48.8 Å². The highest BCUT2D eigenvalue weighted by molar-refractivity contribution is 7.91. The number of aromatic nitrogens is 2. The summed E-state index contributed by atoms with van der Waals surface area (Å²) in [4.78, 5) is 2.37. The molecule has 2 aromatic heterocycles. The topological polar surface area (TPSA) is 76.5 Å². The largest absolute Gasteiger partial charge is 0.376 e. The molecule has 27 heavy (non-hydrogen) atoms. The van der Waals surface area contributed by atoms with E-state index in [1.165, 1.54) is 22.6 Å². The number of fused-ring (bicyclic) bond motifs is 1. The Morgan fingerprint density at radius 3 is 2.89 bits per heavy atom. The van der Waals surface area contributed by atoms with Crippen LogP contribution in [0.5, 0.6) is 0 Å². The second kappa shape index (κ2) is 8.00. The van der Waals surface area contributed by atoms with Crippen molar-refractivity contribution >= 4 is 21.4 Å². The summed E-state index contributed by atoms with van der Waals surface area (Å²) in [6, 6.07) is 3.41. The number of likely N-dealkylation sites (tertiary alicyclic amines) is 1. The van der Waals surface area contributed by atoms with Crippen LogP contribution >= 0.6 is 11.3 Å². The molecule has 9 heteroatoms. The molecule has 0 unspecified atom stereocenters. The molecule has 7 nitrogen and oxygen atoms in total. The minimum atomic E-state index is -3.39. The fraction of sp³-hybridized carbons (Fsp3) is 0.611. The monoisotopic (exact) mass is 410 g/mol. The number of thiophene rings is 1. The summed E-state index contributed by atoms with van der Waals surface area (Å²) in [5.41, 5.74) is 3.69. The zero-order valence-corrected chi connectivity index (χ0v) is 17.2. The van der Waals surface area contributed by atoms with Crippen molar-refractivity contribution in [1.82, 2.24) is 19.4 Å². The SMILES string of the molecule is CCn1nc(CN2CCC(NS(=O)(=O)c3cccs3)CC2)c2c1CCOC2. The van der Waals surface area contributed by atoms with Gasteiger partial charge in [-0.25, -0.2) is 13.1 Å². The number of piperidine rings is 1. The van der Waals surface area contributed by atoms with Crippen LogP contribution in [0.1, 0.15) is 36.7 Å². The predicted molar refractivity (Wildman–Crippen MR) is 104 cm³/mol. The molecule has 2 aliphatic heterocycles. The zero-order chi connectivity index (χ0) is 18.9. The maximum Gasteiger partial charge on any atom is 0.250 e. The minimum Gasteiger partial charge on any atom is -0.376 e. The standard InChI is InChI=1S/C18H26N4O3S2/c1-2-22-17-7-10-25-13-15(17)16(19-22)12-21-8-5-14(6-9-21)20-27(23,24)18-4-3-11-26-18/h3-4,11,14,20H,2,5-10,12-13H2,1H3. The molecular weight excluding hydrogens is 384 g/mol. The highest BCUT2D eigenvalue weighted by atomic mass is 32.2. The predicted octanol–water partition coefficient (Wildman–Crippen LogP) is 1.98. The molecule has 0 saturated carbocycles. The zero-order valence-electron chi connectivity index (χ0n) is 15.6. The van der Waals surface area contributed by atoms with E-state index < -0.39 is 10.0 Å². The molecule has 0 aliphatic carbocycles. The first-order valence-corrected chi connectivity index (χ1v) is 11.9. The number of nitrogens with zero attached hydrogens (tertiary/aromatic N) is 3. The van der Waals surface area contributed by atoms with Crippen molar-refractivity contribution < 1.29 is 13.2 Å². The quantitative estimate of drug-likeness (QED) is 0.788. The molecular formula is C18H26N4O3S2. The Bertz CT molecular complexity index is 869. The highest BCUT2D eigenvalue weighted by Gasteiger charge is 2.27. The maximum atomic E-state index is 12.4. The smallest absolute Gasteiger partial charge is 0.250 e. The molecule has 1 N–H and O–H groups in total. The van der Waals surface area contributed by atoms with Gasteiger partial charge in [-0.2, -0.15) is 5.10 Å². The lowest BCUT2D eigenvalue weighted by atomic mass is 10.0. The molecule has 0 amide bonds. The average molecular weight is 411 g/mol. The van der Waals surface area contributed by atoms with Crippen molar-refractivity contribution in [3.8, 4) is 0 Å². The van der Waals surface area contributed by atoms with Gasteiger partial charge in [-0.1, -0.05) is 6.07 Å². The van der Waals surface area contributed by atoms with Crippen molar-refractivity contribution in [2.24, 2.45) is 0 Å². The van der Waals surface area contributed by atoms with Crippen LogP contribution in [-0.2, 0) is 40.9 Å². The number of ether oxygens (including phenoxy) is 1. The fourth-order valence-electron chi connectivity index (χ4n) is 3.88. The fourth-order valence-corrected chi connectivity index (χ4v) is 6.20. The van der Waals surface area contributed by atoms with Crippen molar-refractivity contribution in [3.63, 3.8) is 0 Å². The van der Waals surface area contributed by atoms with Crippen LogP contribution < -0.4 is 4.72 Å². The Balaban J connectivity index is 1.36. The van der Waals surface area contributed by atoms with Crippen LogP contribution in [0.25, 0.3) is 0 Å². The molecule has 4 rings (SSSR count). The summed E-state index contributed by atoms with van der Waals surface area (Å²) < 4.78 is 35.8. The van der Waals surface area contributed by atoms with Crippen LogP contribution in [0.4, 0.5) is 0 Å². The number of nitrogens with one attached hydrogen (secondary N) is 1. The molecule has 0 spiro atoms. The summed E-state index contributed by atoms with van der Waals surface area (Å²) in [6.07, 6.45) is 2.57. The van der Waals surface area contributed by atoms with Gasteiger partial charge in [-0.15, -0.1) is 11.3 Å². The average Bonchev–Trinajstić information content (AvgIpc) is 3.32. The molecule has 0 bridgehead atoms. The van der Waals surface area contributed by atoms with Gasteiger partial charge in [0.1, 0.15) is 4.21 Å². The molecule has 1 fully saturated rings. The second-order valence-electron chi connectivity index (χ2n) is 7.09. The van der Waals surface area contributed by atoms with Crippen LogP contribution in [0, 0.1) is 0 Å². The van der Waals surface area contributed by atoms with Crippen LogP contribution in [0.15, 0.2) is 21.7 Å². The van der Waals surface area contributed by atoms with E-state index in [-0.39, 0.29) is 6.04 Å². The first kappa shape index (κ1) is 19.1. The van der Waals surface area contributed by atoms with Crippen molar-refractivity contribution in [2.75, 3.05) is 19.7 Å². The van der Waals surface area contributed by atoms with E-state index >= 15 is 0 Å². The molecule has 2 aromatic rings. The number of sulfonamides is 1. The third-order valence-corrected chi connectivity index (χ3v) is 8.24. The third-order valence-electron chi connectivity index (χ3n) is 5.32. The number of rotatable bonds is 6. The van der Waals surface area contributed by atoms with Gasteiger partial charge in [-0.3, -0.25) is 9.58 Å². The van der Waals surface area contributed by atoms with Crippen molar-refractivity contribution in [1.29, 1.82) is 0 Å². The first-order chi connectivity index (χ1) is 13.1. The van der Waals surface area contributed by atoms with E-state index in [0.29, 0.717) is 10.8 Å². The minimum absolute atomic E-state index is 0.00111. The molecule has 1 saturated heterocycles. The van der Waals surface area contributed by atoms with Crippen LogP contribution in [0.2, 0.25) is 0 Å². The summed E-state index contributed by atoms with van der Waals surface area (Å²) in [7, 11) is -3.39. The molecule has 2 aliphatic rings. The number of hydrogen-bond donors (Lipinski definition) is 1. The maximum absolute atomic E-state index is 12.4. The lowest BCUT2D eigenvalue weighted by Crippen LogP contribution is -2.44. The van der Waals surface area contributed by atoms with Gasteiger partial charge in [0.15, 0.2) is 0 Å². The Hall–Kier alpha value is -1.26. The van der Waals surface area contributed by atoms with Gasteiger partial charge < -0.3 is 4.74 Å². The van der Waals surface area contributed by atoms with E-state index in [1.807, 2.05) is 0 Å². The van der Waals surface area contributed by atoms with Crippen LogP contribution in [0.3, 0.4) is 0 Å². The Morgan fingerprint density at radius 2 is 2.19 bits per heavy atom. The third kappa shape index (κ3) is 4.12. The van der Waals surface area contributed by atoms with Gasteiger partial charge in [-0.05, 0) is 31.2 Å². The summed E-state index contributed by atoms with van der Waals surface area (Å²) in [6.45, 7) is 6.98. The van der Waals surface area contributed by atoms with Gasteiger partial charge in [0.05, 0.1) is 18.9 Å². The van der Waals surface area contributed by atoms with Crippen molar-refractivity contribution in [3.05, 3.63) is 34.5 Å². The molecule has 148 valence electrons. The van der Waals surface area contributed by atoms with E-state index in [1.54, 1.807) is 17.5 Å². The molecule has 0 radical (unpaired) electrons. The second-order valence-corrected chi connectivity index (χ2v) is 9.98. The number of aryl methyl sites for hydroxylation is 1. The highest BCUT2D eigenvalue weighted by Crippen LogP contribution is 2.24. The van der Waals surface area contributed by atoms with Gasteiger partial charge >= 0.3 is 0 Å². The normalized spacial score (nSPS) is 19.3. The first-order valence-electron chi connectivity index (χ1n) is 9.50. The lowest BCUT2D eigenvalue weighted by Gasteiger charge is -2.31. The molecule has 0 atom stereocenters. The van der Waals surface area contributed by atoms with Crippen molar-refractivity contribution in [2.45, 2.75) is 56.1 Å². The van der Waals surface area contributed by atoms with E-state index in [0.717, 1.165) is 57.7 Å². The summed E-state index contributed by atoms with van der Waals surface area (Å²) in [5, 5.41) is 6.59. The Kier molecular flexibility index (Phi) is 5.65. The molecule has 0 aromatic carbocycles. The van der Waals surface area contributed by atoms with Gasteiger partial charge in [0.25, 0.3) is 0 Å².